The van der Waals surface area contributed by atoms with E-state index in [0.29, 0.717) is 0 Å². The van der Waals surface area contributed by atoms with Crippen LogP contribution in [0.25, 0.3) is 0 Å². The summed E-state index contributed by atoms with van der Waals surface area (Å²) in [4.78, 5) is 18.2. The van der Waals surface area contributed by atoms with Crippen LogP contribution in [0.15, 0.2) is 0 Å². The van der Waals surface area contributed by atoms with E-state index in [-0.39, 0.29) is 38.7 Å². The largest absolute Gasteiger partial charge is 0.473 e. The van der Waals surface area contributed by atoms with E-state index in [9.17, 15) is 0 Å². The predicted molar refractivity (Wildman–Crippen MR) is 29.7 cm³/mol. The molecule has 0 aliphatic heterocycles. The van der Waals surface area contributed by atoms with Crippen LogP contribution in [0.4, 0.5) is 0 Å². The van der Waals surface area contributed by atoms with Crippen molar-refractivity contribution in [2.45, 2.75) is 0 Å². The number of carbonyl (C=O) groups is 2. The molecule has 1 radical (unpaired) electrons. The van der Waals surface area contributed by atoms with Crippen LogP contribution >= 0.6 is 0 Å². The minimum Gasteiger partial charge on any atom is -0.473 e. The fourth-order valence-electron chi connectivity index (χ4n) is 0. The molecular formula is C2H10CoO8. The number of rotatable bonds is 0. The van der Waals surface area contributed by atoms with Gasteiger partial charge < -0.3 is 32.1 Å². The van der Waals surface area contributed by atoms with Gasteiger partial charge in [0.25, 0.3) is 0 Å². The quantitative estimate of drug-likeness (QED) is 0.391. The number of carboxylic acid groups (broad SMARTS) is 2. The second-order valence-electron chi connectivity index (χ2n) is 0.610. The van der Waals surface area contributed by atoms with Gasteiger partial charge in [-0.25, -0.2) is 9.59 Å². The van der Waals surface area contributed by atoms with Crippen LogP contribution in [-0.4, -0.2) is 44.1 Å². The summed E-state index contributed by atoms with van der Waals surface area (Å²) >= 11 is 0. The van der Waals surface area contributed by atoms with E-state index in [0.717, 1.165) is 0 Å². The molecule has 0 atom stereocenters. The normalized spacial score (nSPS) is 4.00. The first-order valence-corrected chi connectivity index (χ1v) is 1.11. The maximum absolute atomic E-state index is 9.10. The van der Waals surface area contributed by atoms with Gasteiger partial charge in [0.1, 0.15) is 0 Å². The molecule has 0 aromatic heterocycles. The number of hydrogen-bond donors (Lipinski definition) is 2. The summed E-state index contributed by atoms with van der Waals surface area (Å²) in [6.45, 7) is 0. The van der Waals surface area contributed by atoms with Gasteiger partial charge >= 0.3 is 11.9 Å². The molecule has 11 heavy (non-hydrogen) atoms. The van der Waals surface area contributed by atoms with E-state index in [1.807, 2.05) is 0 Å². The number of aliphatic carboxylic acids is 2. The molecule has 75 valence electrons. The molecular weight excluding hydrogens is 211 g/mol. The topological polar surface area (TPSA) is 201 Å². The van der Waals surface area contributed by atoms with Crippen LogP contribution in [0.3, 0.4) is 0 Å². The monoisotopic (exact) mass is 221 g/mol. The first-order valence-electron chi connectivity index (χ1n) is 1.11. The molecule has 0 bridgehead atoms. The van der Waals surface area contributed by atoms with Gasteiger partial charge in [0.05, 0.1) is 0 Å². The second-order valence-corrected chi connectivity index (χ2v) is 0.610. The Morgan fingerprint density at radius 1 is 0.727 bits per heavy atom. The van der Waals surface area contributed by atoms with Gasteiger partial charge in [0.15, 0.2) is 0 Å². The van der Waals surface area contributed by atoms with Crippen molar-refractivity contribution in [2.24, 2.45) is 0 Å². The Morgan fingerprint density at radius 3 is 0.818 bits per heavy atom. The van der Waals surface area contributed by atoms with Gasteiger partial charge in [-0.05, 0) is 0 Å². The van der Waals surface area contributed by atoms with Crippen LogP contribution in [-0.2, 0) is 26.4 Å². The van der Waals surface area contributed by atoms with Crippen molar-refractivity contribution in [1.82, 2.24) is 0 Å². The molecule has 0 rings (SSSR count). The van der Waals surface area contributed by atoms with Gasteiger partial charge in [-0.3, -0.25) is 0 Å². The van der Waals surface area contributed by atoms with Crippen molar-refractivity contribution < 1.29 is 58.5 Å². The van der Waals surface area contributed by atoms with Crippen molar-refractivity contribution in [3.8, 4) is 0 Å². The molecule has 0 aromatic carbocycles. The molecule has 0 aliphatic carbocycles. The maximum Gasteiger partial charge on any atom is 0.414 e. The summed E-state index contributed by atoms with van der Waals surface area (Å²) in [7, 11) is 0. The molecule has 0 unspecified atom stereocenters. The average molecular weight is 221 g/mol. The Morgan fingerprint density at radius 2 is 0.818 bits per heavy atom. The molecule has 8 nitrogen and oxygen atoms in total. The van der Waals surface area contributed by atoms with E-state index in [2.05, 4.69) is 0 Å². The summed E-state index contributed by atoms with van der Waals surface area (Å²) in [5.74, 6) is -3.65. The van der Waals surface area contributed by atoms with Crippen molar-refractivity contribution in [1.29, 1.82) is 0 Å². The van der Waals surface area contributed by atoms with E-state index in [1.54, 1.807) is 0 Å². The number of carboxylic acids is 2. The molecule has 10 N–H and O–H groups in total. The van der Waals surface area contributed by atoms with Crippen molar-refractivity contribution in [3.63, 3.8) is 0 Å². The fraction of sp³-hybridized carbons (Fsp3) is 0. The third-order valence-electron chi connectivity index (χ3n) is 0.183. The standard InChI is InChI=1S/C2H2O4.Co.4H2O/c3-1(4)2(5)6;;;;;/h(H,3,4)(H,5,6);;4*1H2. The van der Waals surface area contributed by atoms with Crippen molar-refractivity contribution in [2.75, 3.05) is 0 Å². The fourth-order valence-corrected chi connectivity index (χ4v) is 0. The minimum atomic E-state index is -1.82. The molecule has 9 heteroatoms. The molecule has 0 spiro atoms. The second kappa shape index (κ2) is 22.8. The summed E-state index contributed by atoms with van der Waals surface area (Å²) in [6, 6.07) is 0. The van der Waals surface area contributed by atoms with Crippen LogP contribution in [0.5, 0.6) is 0 Å². The molecule has 0 saturated carbocycles. The average Bonchev–Trinajstić information content (AvgIpc) is 1.36. The Bertz CT molecular complexity index is 78.1. The molecule has 0 amide bonds. The third kappa shape index (κ3) is 45.6. The Kier molecular flexibility index (Phi) is 100. The van der Waals surface area contributed by atoms with E-state index in [1.165, 1.54) is 0 Å². The van der Waals surface area contributed by atoms with Crippen LogP contribution in [0, 0.1) is 0 Å². The van der Waals surface area contributed by atoms with Gasteiger partial charge in [-0.2, -0.15) is 0 Å². The predicted octanol–water partition coefficient (Wildman–Crippen LogP) is -4.15. The SMILES string of the molecule is O.O.O.O.O=C(O)C(=O)O.[Co]. The first kappa shape index (κ1) is 48.3. The van der Waals surface area contributed by atoms with E-state index < -0.39 is 11.9 Å². The molecule has 0 saturated heterocycles. The summed E-state index contributed by atoms with van der Waals surface area (Å²) in [5, 5.41) is 14.8. The molecule has 0 heterocycles. The van der Waals surface area contributed by atoms with Crippen molar-refractivity contribution >= 4 is 11.9 Å². The smallest absolute Gasteiger partial charge is 0.414 e. The van der Waals surface area contributed by atoms with Gasteiger partial charge in [0, 0.05) is 16.8 Å². The van der Waals surface area contributed by atoms with E-state index in [4.69, 9.17) is 19.8 Å². The van der Waals surface area contributed by atoms with Crippen LogP contribution in [0.2, 0.25) is 0 Å². The van der Waals surface area contributed by atoms with Crippen LogP contribution < -0.4 is 0 Å². The Hall–Kier alpha value is -0.714. The van der Waals surface area contributed by atoms with Gasteiger partial charge in [-0.15, -0.1) is 0 Å². The van der Waals surface area contributed by atoms with E-state index >= 15 is 0 Å². The summed E-state index contributed by atoms with van der Waals surface area (Å²) < 4.78 is 0. The molecule has 0 fully saturated rings. The van der Waals surface area contributed by atoms with Crippen LogP contribution in [0.1, 0.15) is 0 Å². The zero-order valence-electron chi connectivity index (χ0n) is 5.04. The molecule has 0 aromatic rings. The number of hydrogen-bond acceptors (Lipinski definition) is 2. The minimum absolute atomic E-state index is 0. The van der Waals surface area contributed by atoms with Gasteiger partial charge in [-0.1, -0.05) is 0 Å². The summed E-state index contributed by atoms with van der Waals surface area (Å²) in [6.07, 6.45) is 0. The first-order chi connectivity index (χ1) is 2.64. The maximum atomic E-state index is 9.10. The molecule has 0 aliphatic rings. The van der Waals surface area contributed by atoms with Gasteiger partial charge in [0.2, 0.25) is 0 Å². The zero-order chi connectivity index (χ0) is 5.15. The summed E-state index contributed by atoms with van der Waals surface area (Å²) in [5.41, 5.74) is 0. The Balaban J connectivity index is -0.0000000125. The third-order valence-corrected chi connectivity index (χ3v) is 0.183. The Labute approximate surface area is 71.3 Å². The van der Waals surface area contributed by atoms with Crippen molar-refractivity contribution in [3.05, 3.63) is 0 Å². The zero-order valence-corrected chi connectivity index (χ0v) is 6.09.